The van der Waals surface area contributed by atoms with Gasteiger partial charge in [0.25, 0.3) is 0 Å². The van der Waals surface area contributed by atoms with Gasteiger partial charge in [-0.1, -0.05) is 18.2 Å². The second-order valence-electron chi connectivity index (χ2n) is 6.82. The van der Waals surface area contributed by atoms with Gasteiger partial charge in [0.2, 0.25) is 5.91 Å². The summed E-state index contributed by atoms with van der Waals surface area (Å²) in [4.78, 5) is 14.2. The van der Waals surface area contributed by atoms with Crippen LogP contribution >= 0.6 is 12.2 Å². The van der Waals surface area contributed by atoms with Gasteiger partial charge in [-0.2, -0.15) is 0 Å². The first-order chi connectivity index (χ1) is 13.0. The molecule has 1 saturated heterocycles. The third kappa shape index (κ3) is 5.77. The van der Waals surface area contributed by atoms with Crippen molar-refractivity contribution in [3.05, 3.63) is 59.2 Å². The van der Waals surface area contributed by atoms with E-state index in [0.717, 1.165) is 16.9 Å². The Morgan fingerprint density at radius 2 is 1.59 bits per heavy atom. The summed E-state index contributed by atoms with van der Waals surface area (Å²) in [6.07, 6.45) is 0.408. The minimum Gasteiger partial charge on any atom is -0.378 e. The molecule has 0 atom stereocenters. The van der Waals surface area contributed by atoms with E-state index in [0.29, 0.717) is 37.8 Å². The fourth-order valence-corrected chi connectivity index (χ4v) is 3.38. The predicted molar refractivity (Wildman–Crippen MR) is 113 cm³/mol. The normalized spacial score (nSPS) is 13.9. The molecule has 1 aliphatic rings. The molecule has 0 radical (unpaired) electrons. The number of aryl methyl sites for hydroxylation is 2. The zero-order valence-corrected chi connectivity index (χ0v) is 16.6. The predicted octanol–water partition coefficient (Wildman–Crippen LogP) is 3.51. The van der Waals surface area contributed by atoms with Gasteiger partial charge in [0.1, 0.15) is 0 Å². The molecule has 2 aromatic rings. The number of anilines is 2. The summed E-state index contributed by atoms with van der Waals surface area (Å²) in [5.41, 5.74) is 5.23. The van der Waals surface area contributed by atoms with Gasteiger partial charge in [-0.15, -0.1) is 0 Å². The molecule has 5 nitrogen and oxygen atoms in total. The molecule has 0 aromatic heterocycles. The first-order valence-corrected chi connectivity index (χ1v) is 9.51. The fourth-order valence-electron chi connectivity index (χ4n) is 3.15. The fraction of sp³-hybridized carbons (Fsp3) is 0.333. The molecule has 27 heavy (non-hydrogen) atoms. The van der Waals surface area contributed by atoms with Crippen molar-refractivity contribution in [1.29, 1.82) is 0 Å². The van der Waals surface area contributed by atoms with E-state index in [-0.39, 0.29) is 5.91 Å². The molecular weight excluding hydrogens is 358 g/mol. The molecule has 1 amide bonds. The van der Waals surface area contributed by atoms with E-state index in [4.69, 9.17) is 17.0 Å². The SMILES string of the molecule is Cc1cc(C)cc(NC(=S)Nc2ccc(CC(=O)N3CCOCC3)cc2)c1. The number of rotatable bonds is 4. The number of thiocarbonyl (C=S) groups is 1. The minimum atomic E-state index is 0.144. The monoisotopic (exact) mass is 383 g/mol. The smallest absolute Gasteiger partial charge is 0.227 e. The second-order valence-corrected chi connectivity index (χ2v) is 7.23. The van der Waals surface area contributed by atoms with E-state index in [9.17, 15) is 4.79 Å². The largest absolute Gasteiger partial charge is 0.378 e. The van der Waals surface area contributed by atoms with E-state index < -0.39 is 0 Å². The number of carbonyl (C=O) groups is 1. The molecule has 2 aromatic carbocycles. The van der Waals surface area contributed by atoms with Gasteiger partial charge < -0.3 is 20.3 Å². The number of hydrogen-bond acceptors (Lipinski definition) is 3. The van der Waals surface area contributed by atoms with Crippen LogP contribution in [0.15, 0.2) is 42.5 Å². The molecule has 0 bridgehead atoms. The maximum Gasteiger partial charge on any atom is 0.227 e. The average molecular weight is 384 g/mol. The quantitative estimate of drug-likeness (QED) is 0.792. The van der Waals surface area contributed by atoms with E-state index in [1.165, 1.54) is 11.1 Å². The lowest BCUT2D eigenvalue weighted by Crippen LogP contribution is -2.41. The van der Waals surface area contributed by atoms with Crippen molar-refractivity contribution in [2.45, 2.75) is 20.3 Å². The zero-order chi connectivity index (χ0) is 19.2. The van der Waals surface area contributed by atoms with Crippen LogP contribution in [0.1, 0.15) is 16.7 Å². The van der Waals surface area contributed by atoms with Crippen LogP contribution in [0.5, 0.6) is 0 Å². The lowest BCUT2D eigenvalue weighted by molar-refractivity contribution is -0.134. The van der Waals surface area contributed by atoms with Crippen LogP contribution in [0.2, 0.25) is 0 Å². The molecule has 0 unspecified atom stereocenters. The van der Waals surface area contributed by atoms with E-state index in [2.05, 4.69) is 42.7 Å². The van der Waals surface area contributed by atoms with Crippen molar-refractivity contribution in [1.82, 2.24) is 4.90 Å². The lowest BCUT2D eigenvalue weighted by atomic mass is 10.1. The van der Waals surface area contributed by atoms with Crippen LogP contribution in [0.4, 0.5) is 11.4 Å². The summed E-state index contributed by atoms with van der Waals surface area (Å²) >= 11 is 5.40. The van der Waals surface area contributed by atoms with Gasteiger partial charge in [0.15, 0.2) is 5.11 Å². The molecule has 3 rings (SSSR count). The number of morpholine rings is 1. The Kier molecular flexibility index (Phi) is 6.42. The maximum absolute atomic E-state index is 12.3. The van der Waals surface area contributed by atoms with Crippen LogP contribution in [0, 0.1) is 13.8 Å². The second kappa shape index (κ2) is 8.97. The van der Waals surface area contributed by atoms with Crippen LogP contribution in [-0.2, 0) is 16.0 Å². The Morgan fingerprint density at radius 1 is 1.00 bits per heavy atom. The van der Waals surface area contributed by atoms with Crippen molar-refractivity contribution in [3.8, 4) is 0 Å². The Bertz CT molecular complexity index is 794. The van der Waals surface area contributed by atoms with Crippen LogP contribution in [0.3, 0.4) is 0 Å². The van der Waals surface area contributed by atoms with Crippen molar-refractivity contribution in [3.63, 3.8) is 0 Å². The van der Waals surface area contributed by atoms with E-state index in [1.54, 1.807) is 0 Å². The summed E-state index contributed by atoms with van der Waals surface area (Å²) in [5, 5.41) is 6.93. The third-order valence-corrected chi connectivity index (χ3v) is 4.61. The topological polar surface area (TPSA) is 53.6 Å². The number of amides is 1. The standard InChI is InChI=1S/C21H25N3O2S/c1-15-11-16(2)13-19(12-15)23-21(27)22-18-5-3-17(4-6-18)14-20(25)24-7-9-26-10-8-24/h3-6,11-13H,7-10,14H2,1-2H3,(H2,22,23,27). The van der Waals surface area contributed by atoms with E-state index >= 15 is 0 Å². The molecule has 0 spiro atoms. The van der Waals surface area contributed by atoms with Crippen LogP contribution < -0.4 is 10.6 Å². The molecule has 142 valence electrons. The Labute approximate surface area is 165 Å². The summed E-state index contributed by atoms with van der Waals surface area (Å²) in [5.74, 6) is 0.144. The van der Waals surface area contributed by atoms with Crippen molar-refractivity contribution < 1.29 is 9.53 Å². The first-order valence-electron chi connectivity index (χ1n) is 9.10. The van der Waals surface area contributed by atoms with Gasteiger partial charge >= 0.3 is 0 Å². The zero-order valence-electron chi connectivity index (χ0n) is 15.7. The highest BCUT2D eigenvalue weighted by Crippen LogP contribution is 2.16. The molecule has 1 heterocycles. The van der Waals surface area contributed by atoms with Gasteiger partial charge in [0, 0.05) is 24.5 Å². The molecule has 0 saturated carbocycles. The summed E-state index contributed by atoms with van der Waals surface area (Å²) in [7, 11) is 0. The molecule has 0 aliphatic carbocycles. The Hall–Kier alpha value is -2.44. The number of nitrogens with zero attached hydrogens (tertiary/aromatic N) is 1. The molecule has 2 N–H and O–H groups in total. The highest BCUT2D eigenvalue weighted by molar-refractivity contribution is 7.80. The Balaban J connectivity index is 1.53. The highest BCUT2D eigenvalue weighted by atomic mass is 32.1. The third-order valence-electron chi connectivity index (χ3n) is 4.41. The first kappa shape index (κ1) is 19.3. The molecular formula is C21H25N3O2S. The summed E-state index contributed by atoms with van der Waals surface area (Å²) in [6.45, 7) is 6.73. The maximum atomic E-state index is 12.3. The minimum absolute atomic E-state index is 0.144. The number of ether oxygens (including phenoxy) is 1. The number of nitrogens with one attached hydrogen (secondary N) is 2. The molecule has 1 aliphatic heterocycles. The molecule has 1 fully saturated rings. The van der Waals surface area contributed by atoms with Gasteiger partial charge in [-0.25, -0.2) is 0 Å². The number of hydrogen-bond donors (Lipinski definition) is 2. The number of benzene rings is 2. The molecule has 6 heteroatoms. The average Bonchev–Trinajstić information content (AvgIpc) is 2.63. The lowest BCUT2D eigenvalue weighted by Gasteiger charge is -2.26. The van der Waals surface area contributed by atoms with Crippen molar-refractivity contribution in [2.24, 2.45) is 0 Å². The van der Waals surface area contributed by atoms with Crippen molar-refractivity contribution in [2.75, 3.05) is 36.9 Å². The Morgan fingerprint density at radius 3 is 2.22 bits per heavy atom. The number of carbonyl (C=O) groups excluding carboxylic acids is 1. The van der Waals surface area contributed by atoms with Crippen molar-refractivity contribution >= 4 is 34.6 Å². The van der Waals surface area contributed by atoms with Gasteiger partial charge in [-0.3, -0.25) is 4.79 Å². The van der Waals surface area contributed by atoms with Crippen LogP contribution in [-0.4, -0.2) is 42.2 Å². The van der Waals surface area contributed by atoms with Gasteiger partial charge in [-0.05, 0) is 67.0 Å². The highest BCUT2D eigenvalue weighted by Gasteiger charge is 2.16. The summed E-state index contributed by atoms with van der Waals surface area (Å²) < 4.78 is 5.29. The van der Waals surface area contributed by atoms with E-state index in [1.807, 2.05) is 29.2 Å². The van der Waals surface area contributed by atoms with Crippen LogP contribution in [0.25, 0.3) is 0 Å². The van der Waals surface area contributed by atoms with Gasteiger partial charge in [0.05, 0.1) is 19.6 Å². The summed E-state index contributed by atoms with van der Waals surface area (Å²) in [6, 6.07) is 14.0.